The summed E-state index contributed by atoms with van der Waals surface area (Å²) in [6, 6.07) is 9.88. The van der Waals surface area contributed by atoms with Crippen LogP contribution >= 0.6 is 11.6 Å². The summed E-state index contributed by atoms with van der Waals surface area (Å²) < 4.78 is 27.1. The Balaban J connectivity index is 1.53. The van der Waals surface area contributed by atoms with Crippen molar-refractivity contribution in [3.05, 3.63) is 64.2 Å². The van der Waals surface area contributed by atoms with Crippen LogP contribution in [0.2, 0.25) is 5.02 Å². The summed E-state index contributed by atoms with van der Waals surface area (Å²) in [7, 11) is -3.99. The SMILES string of the molecule is CC(=O)c1ccc(Cl)cc1C(=O)NCCc1ccc(S(=O)(=O)NC(=O)NC2CCCCC2)cc1. The summed E-state index contributed by atoms with van der Waals surface area (Å²) in [5.41, 5.74) is 1.29. The molecule has 0 unspecified atom stereocenters. The first kappa shape index (κ1) is 25.7. The van der Waals surface area contributed by atoms with Crippen molar-refractivity contribution >= 4 is 39.3 Å². The first-order valence-corrected chi connectivity index (χ1v) is 13.0. The molecule has 182 valence electrons. The Morgan fingerprint density at radius 2 is 1.65 bits per heavy atom. The van der Waals surface area contributed by atoms with Crippen LogP contribution in [-0.4, -0.2) is 38.7 Å². The zero-order valence-corrected chi connectivity index (χ0v) is 20.5. The minimum Gasteiger partial charge on any atom is -0.352 e. The quantitative estimate of drug-likeness (QED) is 0.471. The van der Waals surface area contributed by atoms with Crippen LogP contribution in [0.3, 0.4) is 0 Å². The number of rotatable bonds is 8. The van der Waals surface area contributed by atoms with Gasteiger partial charge in [0.25, 0.3) is 15.9 Å². The molecule has 0 heterocycles. The monoisotopic (exact) mass is 505 g/mol. The van der Waals surface area contributed by atoms with Crippen molar-refractivity contribution in [2.24, 2.45) is 0 Å². The lowest BCUT2D eigenvalue weighted by atomic mass is 9.96. The van der Waals surface area contributed by atoms with Gasteiger partial charge in [-0.2, -0.15) is 0 Å². The maximum atomic E-state index is 12.5. The Bertz CT molecular complexity index is 1160. The van der Waals surface area contributed by atoms with Gasteiger partial charge in [0.1, 0.15) is 0 Å². The molecule has 0 spiro atoms. The Morgan fingerprint density at radius 3 is 2.29 bits per heavy atom. The highest BCUT2D eigenvalue weighted by molar-refractivity contribution is 7.90. The van der Waals surface area contributed by atoms with Crippen molar-refractivity contribution in [2.75, 3.05) is 6.54 Å². The van der Waals surface area contributed by atoms with Crippen LogP contribution in [0.25, 0.3) is 0 Å². The van der Waals surface area contributed by atoms with Crippen LogP contribution in [0.1, 0.15) is 65.3 Å². The zero-order valence-electron chi connectivity index (χ0n) is 18.9. The molecule has 0 saturated heterocycles. The van der Waals surface area contributed by atoms with E-state index in [1.165, 1.54) is 31.2 Å². The topological polar surface area (TPSA) is 121 Å². The molecular weight excluding hydrogens is 478 g/mol. The predicted octanol–water partition coefficient (Wildman–Crippen LogP) is 3.84. The molecule has 0 bridgehead atoms. The Kier molecular flexibility index (Phi) is 8.68. The summed E-state index contributed by atoms with van der Waals surface area (Å²) in [6.07, 6.45) is 5.33. The lowest BCUT2D eigenvalue weighted by Gasteiger charge is -2.22. The van der Waals surface area contributed by atoms with Crippen molar-refractivity contribution in [3.8, 4) is 0 Å². The molecule has 8 nitrogen and oxygen atoms in total. The minimum absolute atomic E-state index is 0.0000241. The van der Waals surface area contributed by atoms with Gasteiger partial charge in [0.05, 0.1) is 10.5 Å². The number of carbonyl (C=O) groups excluding carboxylic acids is 3. The predicted molar refractivity (Wildman–Crippen MR) is 130 cm³/mol. The molecule has 0 aliphatic heterocycles. The van der Waals surface area contributed by atoms with E-state index in [-0.39, 0.29) is 34.4 Å². The molecule has 1 aliphatic carbocycles. The lowest BCUT2D eigenvalue weighted by Crippen LogP contribution is -2.45. The van der Waals surface area contributed by atoms with Crippen LogP contribution in [0.15, 0.2) is 47.4 Å². The number of hydrogen-bond donors (Lipinski definition) is 3. The number of Topliss-reactive ketones (excluding diaryl/α,β-unsaturated/α-hetero) is 1. The second-order valence-electron chi connectivity index (χ2n) is 8.31. The van der Waals surface area contributed by atoms with Crippen molar-refractivity contribution in [3.63, 3.8) is 0 Å². The average Bonchev–Trinajstić information content (AvgIpc) is 2.79. The van der Waals surface area contributed by atoms with Gasteiger partial charge in [-0.25, -0.2) is 17.9 Å². The molecule has 1 aliphatic rings. The van der Waals surface area contributed by atoms with E-state index < -0.39 is 22.0 Å². The molecule has 3 rings (SSSR count). The molecule has 0 atom stereocenters. The third-order valence-corrected chi connectivity index (χ3v) is 7.29. The van der Waals surface area contributed by atoms with E-state index in [4.69, 9.17) is 11.6 Å². The molecule has 0 radical (unpaired) electrons. The van der Waals surface area contributed by atoms with Crippen LogP contribution in [0.4, 0.5) is 4.79 Å². The van der Waals surface area contributed by atoms with Crippen molar-refractivity contribution in [2.45, 2.75) is 56.4 Å². The van der Waals surface area contributed by atoms with Crippen LogP contribution in [0, 0.1) is 0 Å². The van der Waals surface area contributed by atoms with E-state index in [9.17, 15) is 22.8 Å². The molecule has 10 heteroatoms. The lowest BCUT2D eigenvalue weighted by molar-refractivity contribution is 0.0939. The smallest absolute Gasteiger partial charge is 0.328 e. The zero-order chi connectivity index (χ0) is 24.7. The molecule has 3 amide bonds. The largest absolute Gasteiger partial charge is 0.352 e. The maximum absolute atomic E-state index is 12.5. The fraction of sp³-hybridized carbons (Fsp3) is 0.375. The molecule has 1 saturated carbocycles. The molecule has 0 aromatic heterocycles. The second-order valence-corrected chi connectivity index (χ2v) is 10.4. The Labute approximate surface area is 204 Å². The fourth-order valence-corrected chi connectivity index (χ4v) is 4.99. The van der Waals surface area contributed by atoms with E-state index in [0.717, 1.165) is 37.7 Å². The molecule has 1 fully saturated rings. The fourth-order valence-electron chi connectivity index (χ4n) is 3.90. The molecular formula is C24H28ClN3O5S. The number of hydrogen-bond acceptors (Lipinski definition) is 5. The van der Waals surface area contributed by atoms with Gasteiger partial charge >= 0.3 is 6.03 Å². The minimum atomic E-state index is -3.99. The third-order valence-electron chi connectivity index (χ3n) is 5.71. The average molecular weight is 506 g/mol. The first-order valence-electron chi connectivity index (χ1n) is 11.2. The summed E-state index contributed by atoms with van der Waals surface area (Å²) in [5.74, 6) is -0.653. The van der Waals surface area contributed by atoms with E-state index >= 15 is 0 Å². The van der Waals surface area contributed by atoms with E-state index in [1.54, 1.807) is 18.2 Å². The molecule has 34 heavy (non-hydrogen) atoms. The van der Waals surface area contributed by atoms with Crippen LogP contribution in [0.5, 0.6) is 0 Å². The van der Waals surface area contributed by atoms with E-state index in [2.05, 4.69) is 15.4 Å². The molecule has 3 N–H and O–H groups in total. The van der Waals surface area contributed by atoms with Crippen LogP contribution < -0.4 is 15.4 Å². The summed E-state index contributed by atoms with van der Waals surface area (Å²) in [4.78, 5) is 36.3. The Morgan fingerprint density at radius 1 is 0.971 bits per heavy atom. The van der Waals surface area contributed by atoms with Gasteiger partial charge in [-0.15, -0.1) is 0 Å². The highest BCUT2D eigenvalue weighted by Crippen LogP contribution is 2.18. The maximum Gasteiger partial charge on any atom is 0.328 e. The van der Waals surface area contributed by atoms with Gasteiger partial charge in [-0.1, -0.05) is 43.0 Å². The number of nitrogens with one attached hydrogen (secondary N) is 3. The van der Waals surface area contributed by atoms with Gasteiger partial charge in [0, 0.05) is 23.2 Å². The number of benzene rings is 2. The highest BCUT2D eigenvalue weighted by Gasteiger charge is 2.21. The van der Waals surface area contributed by atoms with Crippen molar-refractivity contribution in [1.29, 1.82) is 0 Å². The number of sulfonamides is 1. The summed E-state index contributed by atoms with van der Waals surface area (Å²) in [6.45, 7) is 1.65. The Hall–Kier alpha value is -2.91. The highest BCUT2D eigenvalue weighted by atomic mass is 35.5. The first-order chi connectivity index (χ1) is 16.2. The van der Waals surface area contributed by atoms with Crippen molar-refractivity contribution < 1.29 is 22.8 Å². The van der Waals surface area contributed by atoms with Gasteiger partial charge < -0.3 is 10.6 Å². The normalized spacial score (nSPS) is 14.3. The number of halogens is 1. The van der Waals surface area contributed by atoms with Gasteiger partial charge in [0.15, 0.2) is 5.78 Å². The summed E-state index contributed by atoms with van der Waals surface area (Å²) in [5, 5.41) is 5.82. The van der Waals surface area contributed by atoms with Gasteiger partial charge in [-0.05, 0) is 62.1 Å². The van der Waals surface area contributed by atoms with Gasteiger partial charge in [-0.3, -0.25) is 9.59 Å². The third kappa shape index (κ3) is 7.04. The standard InChI is InChI=1S/C24H28ClN3O5S/c1-16(29)21-12-9-18(25)15-22(21)23(30)26-14-13-17-7-10-20(11-8-17)34(32,33)28-24(31)27-19-5-3-2-4-6-19/h7-12,15,19H,2-6,13-14H2,1H3,(H,26,30)(H2,27,28,31). The number of carbonyl (C=O) groups is 3. The van der Waals surface area contributed by atoms with Crippen molar-refractivity contribution in [1.82, 2.24) is 15.4 Å². The summed E-state index contributed by atoms with van der Waals surface area (Å²) >= 11 is 5.96. The number of urea groups is 1. The number of amides is 3. The molecule has 2 aromatic carbocycles. The van der Waals surface area contributed by atoms with Crippen LogP contribution in [-0.2, 0) is 16.4 Å². The van der Waals surface area contributed by atoms with Gasteiger partial charge in [0.2, 0.25) is 0 Å². The second kappa shape index (κ2) is 11.5. The van der Waals surface area contributed by atoms with E-state index in [1.807, 2.05) is 0 Å². The number of ketones is 1. The van der Waals surface area contributed by atoms with E-state index in [0.29, 0.717) is 11.4 Å². The molecule has 2 aromatic rings.